The Kier molecular flexibility index (Phi) is 4.28. The van der Waals surface area contributed by atoms with Gasteiger partial charge in [-0.25, -0.2) is 9.59 Å². The Hall–Kier alpha value is -2.30. The molecule has 2 N–H and O–H groups in total. The predicted octanol–water partition coefficient (Wildman–Crippen LogP) is 1.21. The third kappa shape index (κ3) is 3.34. The summed E-state index contributed by atoms with van der Waals surface area (Å²) < 4.78 is 9.35. The van der Waals surface area contributed by atoms with Gasteiger partial charge in [-0.2, -0.15) is 0 Å². The zero-order valence-electron chi connectivity index (χ0n) is 9.60. The van der Waals surface area contributed by atoms with Gasteiger partial charge in [0.15, 0.2) is 0 Å². The lowest BCUT2D eigenvalue weighted by molar-refractivity contribution is -0.139. The second-order valence-electron chi connectivity index (χ2n) is 3.26. The lowest BCUT2D eigenvalue weighted by Gasteiger charge is -2.08. The Labute approximate surface area is 98.8 Å². The molecule has 0 heterocycles. The van der Waals surface area contributed by atoms with E-state index >= 15 is 0 Å². The first-order chi connectivity index (χ1) is 8.06. The van der Waals surface area contributed by atoms with Crippen molar-refractivity contribution < 1.29 is 19.1 Å². The van der Waals surface area contributed by atoms with Gasteiger partial charge in [-0.1, -0.05) is 18.2 Å². The molecule has 0 aromatic heterocycles. The van der Waals surface area contributed by atoms with E-state index in [1.807, 2.05) is 0 Å². The molecule has 5 heteroatoms. The SMILES string of the molecule is COC(=O)/C(OC(=O)c1ccccc1)=C(\C)N. The number of hydrogen-bond donors (Lipinski definition) is 1. The van der Waals surface area contributed by atoms with Gasteiger partial charge in [0.25, 0.3) is 0 Å². The van der Waals surface area contributed by atoms with Crippen LogP contribution in [0.15, 0.2) is 41.8 Å². The minimum atomic E-state index is -0.783. The summed E-state index contributed by atoms with van der Waals surface area (Å²) in [6.07, 6.45) is 0. The van der Waals surface area contributed by atoms with Crippen LogP contribution in [0.5, 0.6) is 0 Å². The van der Waals surface area contributed by atoms with Crippen molar-refractivity contribution in [3.63, 3.8) is 0 Å². The van der Waals surface area contributed by atoms with Gasteiger partial charge >= 0.3 is 11.9 Å². The fraction of sp³-hybridized carbons (Fsp3) is 0.167. The van der Waals surface area contributed by atoms with Crippen molar-refractivity contribution in [3.8, 4) is 0 Å². The molecular formula is C12H13NO4. The highest BCUT2D eigenvalue weighted by Crippen LogP contribution is 2.09. The number of carbonyl (C=O) groups is 2. The lowest BCUT2D eigenvalue weighted by atomic mass is 10.2. The Morgan fingerprint density at radius 1 is 1.18 bits per heavy atom. The van der Waals surface area contributed by atoms with Crippen LogP contribution in [0.3, 0.4) is 0 Å². The molecule has 0 radical (unpaired) electrons. The third-order valence-corrected chi connectivity index (χ3v) is 1.93. The number of methoxy groups -OCH3 is 1. The highest BCUT2D eigenvalue weighted by Gasteiger charge is 2.19. The molecule has 0 saturated heterocycles. The maximum absolute atomic E-state index is 11.7. The van der Waals surface area contributed by atoms with Gasteiger partial charge in [-0.15, -0.1) is 0 Å². The summed E-state index contributed by atoms with van der Waals surface area (Å²) in [5.74, 6) is -1.73. The average Bonchev–Trinajstić information content (AvgIpc) is 2.35. The van der Waals surface area contributed by atoms with Gasteiger partial charge in [0, 0.05) is 0 Å². The molecule has 0 aliphatic carbocycles. The molecule has 0 fully saturated rings. The lowest BCUT2D eigenvalue weighted by Crippen LogP contribution is -2.17. The number of esters is 2. The van der Waals surface area contributed by atoms with Crippen molar-refractivity contribution in [1.82, 2.24) is 0 Å². The fourth-order valence-electron chi connectivity index (χ4n) is 1.10. The van der Waals surface area contributed by atoms with Gasteiger partial charge in [-0.05, 0) is 19.1 Å². The Balaban J connectivity index is 2.87. The van der Waals surface area contributed by atoms with Crippen LogP contribution in [-0.2, 0) is 14.3 Å². The number of hydrogen-bond acceptors (Lipinski definition) is 5. The second kappa shape index (κ2) is 5.69. The standard InChI is InChI=1S/C12H13NO4/c1-8(13)10(12(15)16-2)17-11(14)9-6-4-3-5-7-9/h3-7H,13H2,1-2H3/b10-8-. The van der Waals surface area contributed by atoms with Crippen molar-refractivity contribution in [1.29, 1.82) is 0 Å². The van der Waals surface area contributed by atoms with Crippen molar-refractivity contribution in [2.24, 2.45) is 5.73 Å². The van der Waals surface area contributed by atoms with Gasteiger partial charge in [0.05, 0.1) is 18.4 Å². The highest BCUT2D eigenvalue weighted by atomic mass is 16.6. The summed E-state index contributed by atoms with van der Waals surface area (Å²) in [4.78, 5) is 22.9. The molecule has 1 aromatic carbocycles. The van der Waals surface area contributed by atoms with Crippen molar-refractivity contribution >= 4 is 11.9 Å². The Morgan fingerprint density at radius 2 is 1.76 bits per heavy atom. The molecule has 0 aliphatic rings. The molecule has 90 valence electrons. The second-order valence-corrected chi connectivity index (χ2v) is 3.26. The summed E-state index contributed by atoms with van der Waals surface area (Å²) >= 11 is 0. The number of ether oxygens (including phenoxy) is 2. The summed E-state index contributed by atoms with van der Waals surface area (Å²) in [6, 6.07) is 8.29. The van der Waals surface area contributed by atoms with E-state index in [1.165, 1.54) is 14.0 Å². The van der Waals surface area contributed by atoms with E-state index in [0.29, 0.717) is 5.56 Å². The van der Waals surface area contributed by atoms with E-state index < -0.39 is 11.9 Å². The van der Waals surface area contributed by atoms with E-state index in [-0.39, 0.29) is 11.5 Å². The predicted molar refractivity (Wildman–Crippen MR) is 60.8 cm³/mol. The van der Waals surface area contributed by atoms with Crippen LogP contribution in [-0.4, -0.2) is 19.0 Å². The summed E-state index contributed by atoms with van der Waals surface area (Å²) in [5.41, 5.74) is 5.85. The Bertz CT molecular complexity index is 447. The van der Waals surface area contributed by atoms with Gasteiger partial charge in [0.1, 0.15) is 0 Å². The third-order valence-electron chi connectivity index (χ3n) is 1.93. The van der Waals surface area contributed by atoms with Crippen LogP contribution in [0.4, 0.5) is 0 Å². The first kappa shape index (κ1) is 12.8. The van der Waals surface area contributed by atoms with Crippen LogP contribution in [0.2, 0.25) is 0 Å². The largest absolute Gasteiger partial charge is 0.463 e. The first-order valence-corrected chi connectivity index (χ1v) is 4.88. The topological polar surface area (TPSA) is 78.6 Å². The maximum atomic E-state index is 11.7. The zero-order chi connectivity index (χ0) is 12.8. The van der Waals surface area contributed by atoms with Crippen LogP contribution in [0.1, 0.15) is 17.3 Å². The minimum Gasteiger partial charge on any atom is -0.463 e. The molecule has 0 aliphatic heterocycles. The van der Waals surface area contributed by atoms with Crippen LogP contribution in [0, 0.1) is 0 Å². The monoisotopic (exact) mass is 235 g/mol. The molecule has 1 rings (SSSR count). The van der Waals surface area contributed by atoms with E-state index in [9.17, 15) is 9.59 Å². The van der Waals surface area contributed by atoms with Crippen LogP contribution >= 0.6 is 0 Å². The van der Waals surface area contributed by atoms with E-state index in [1.54, 1.807) is 30.3 Å². The summed E-state index contributed by atoms with van der Waals surface area (Å²) in [6.45, 7) is 1.45. The summed E-state index contributed by atoms with van der Waals surface area (Å²) in [5, 5.41) is 0. The van der Waals surface area contributed by atoms with E-state index in [2.05, 4.69) is 4.74 Å². The number of benzene rings is 1. The highest BCUT2D eigenvalue weighted by molar-refractivity contribution is 5.95. The molecule has 0 bridgehead atoms. The molecule has 0 spiro atoms. The molecular weight excluding hydrogens is 222 g/mol. The Morgan fingerprint density at radius 3 is 2.24 bits per heavy atom. The van der Waals surface area contributed by atoms with Crippen molar-refractivity contribution in [2.45, 2.75) is 6.92 Å². The molecule has 0 atom stereocenters. The number of carbonyl (C=O) groups excluding carboxylic acids is 2. The molecule has 0 unspecified atom stereocenters. The molecule has 17 heavy (non-hydrogen) atoms. The zero-order valence-corrected chi connectivity index (χ0v) is 9.60. The molecule has 5 nitrogen and oxygen atoms in total. The smallest absolute Gasteiger partial charge is 0.375 e. The van der Waals surface area contributed by atoms with Crippen LogP contribution in [0.25, 0.3) is 0 Å². The minimum absolute atomic E-state index is 0.0844. The van der Waals surface area contributed by atoms with E-state index in [0.717, 1.165) is 0 Å². The first-order valence-electron chi connectivity index (χ1n) is 4.88. The van der Waals surface area contributed by atoms with Gasteiger partial charge in [-0.3, -0.25) is 0 Å². The average molecular weight is 235 g/mol. The molecule has 0 saturated carbocycles. The van der Waals surface area contributed by atoms with Gasteiger partial charge < -0.3 is 15.2 Å². The number of allylic oxidation sites excluding steroid dienone is 1. The van der Waals surface area contributed by atoms with Crippen LogP contribution < -0.4 is 5.73 Å². The number of rotatable bonds is 3. The quantitative estimate of drug-likeness (QED) is 0.484. The molecule has 1 aromatic rings. The van der Waals surface area contributed by atoms with Crippen molar-refractivity contribution in [2.75, 3.05) is 7.11 Å². The molecule has 0 amide bonds. The number of nitrogens with two attached hydrogens (primary N) is 1. The van der Waals surface area contributed by atoms with E-state index in [4.69, 9.17) is 10.5 Å². The maximum Gasteiger partial charge on any atom is 0.375 e. The fourth-order valence-corrected chi connectivity index (χ4v) is 1.10. The normalized spacial score (nSPS) is 11.4. The van der Waals surface area contributed by atoms with Gasteiger partial charge in [0.2, 0.25) is 5.76 Å². The van der Waals surface area contributed by atoms with Crippen molar-refractivity contribution in [3.05, 3.63) is 47.4 Å². The summed E-state index contributed by atoms with van der Waals surface area (Å²) in [7, 11) is 1.18.